The van der Waals surface area contributed by atoms with Gasteiger partial charge in [0.15, 0.2) is 9.84 Å². The first kappa shape index (κ1) is 18.6. The number of nitrogens with zero attached hydrogens (tertiary/aromatic N) is 1. The molecule has 0 heterocycles. The summed E-state index contributed by atoms with van der Waals surface area (Å²) in [7, 11) is -3.75. The minimum absolute atomic E-state index is 0.00466. The van der Waals surface area contributed by atoms with E-state index in [9.17, 15) is 23.3 Å². The molecule has 8 heteroatoms. The fourth-order valence-corrected chi connectivity index (χ4v) is 3.60. The minimum atomic E-state index is -3.75. The number of hydrogen-bond acceptors (Lipinski definition) is 6. The van der Waals surface area contributed by atoms with Gasteiger partial charge in [0.25, 0.3) is 5.69 Å². The molecule has 7 nitrogen and oxygen atoms in total. The Labute approximate surface area is 145 Å². The molecule has 0 aliphatic rings. The van der Waals surface area contributed by atoms with E-state index < -0.39 is 32.2 Å². The Morgan fingerprint density at radius 3 is 2.36 bits per heavy atom. The van der Waals surface area contributed by atoms with Gasteiger partial charge in [-0.15, -0.1) is 0 Å². The zero-order chi connectivity index (χ0) is 18.6. The van der Waals surface area contributed by atoms with Gasteiger partial charge in [-0.25, -0.2) is 13.2 Å². The monoisotopic (exact) mass is 363 g/mol. The van der Waals surface area contributed by atoms with Crippen molar-refractivity contribution in [3.05, 3.63) is 69.3 Å². The summed E-state index contributed by atoms with van der Waals surface area (Å²) in [5.74, 6) is -1.23. The van der Waals surface area contributed by atoms with E-state index in [1.807, 2.05) is 6.92 Å². The lowest BCUT2D eigenvalue weighted by atomic mass is 10.1. The average molecular weight is 363 g/mol. The summed E-state index contributed by atoms with van der Waals surface area (Å²) in [4.78, 5) is 22.4. The minimum Gasteiger partial charge on any atom is -0.462 e. The number of esters is 1. The molecule has 0 aliphatic carbocycles. The number of aryl methyl sites for hydroxylation is 1. The fraction of sp³-hybridized carbons (Fsp3) is 0.235. The van der Waals surface area contributed by atoms with Crippen LogP contribution in [0.2, 0.25) is 0 Å². The molecule has 25 heavy (non-hydrogen) atoms. The molecular weight excluding hydrogens is 346 g/mol. The summed E-state index contributed by atoms with van der Waals surface area (Å²) in [5, 5.41) is 11.3. The lowest BCUT2D eigenvalue weighted by Crippen LogP contribution is -2.09. The van der Waals surface area contributed by atoms with E-state index in [1.54, 1.807) is 19.1 Å². The molecular formula is C17H17NO6S. The summed E-state index contributed by atoms with van der Waals surface area (Å²) in [6.07, 6.45) is 0. The highest BCUT2D eigenvalue weighted by Gasteiger charge is 2.24. The van der Waals surface area contributed by atoms with Gasteiger partial charge in [0.1, 0.15) is 0 Å². The number of ether oxygens (including phenoxy) is 1. The van der Waals surface area contributed by atoms with Gasteiger partial charge in [-0.3, -0.25) is 10.1 Å². The number of benzene rings is 2. The third kappa shape index (κ3) is 4.42. The maximum atomic E-state index is 12.5. The third-order valence-corrected chi connectivity index (χ3v) is 5.20. The van der Waals surface area contributed by atoms with Crippen LogP contribution in [0.1, 0.15) is 28.4 Å². The summed E-state index contributed by atoms with van der Waals surface area (Å²) in [6, 6.07) is 9.88. The fourth-order valence-electron chi connectivity index (χ4n) is 2.23. The van der Waals surface area contributed by atoms with Gasteiger partial charge in [-0.2, -0.15) is 0 Å². The smallest absolute Gasteiger partial charge is 0.338 e. The zero-order valence-electron chi connectivity index (χ0n) is 13.8. The normalized spacial score (nSPS) is 11.1. The van der Waals surface area contributed by atoms with E-state index in [2.05, 4.69) is 0 Å². The van der Waals surface area contributed by atoms with Crippen molar-refractivity contribution in [3.8, 4) is 0 Å². The molecule has 0 aliphatic heterocycles. The van der Waals surface area contributed by atoms with Crippen molar-refractivity contribution in [2.24, 2.45) is 0 Å². The number of hydrogen-bond donors (Lipinski definition) is 0. The van der Waals surface area contributed by atoms with Crippen molar-refractivity contribution >= 4 is 21.5 Å². The highest BCUT2D eigenvalue weighted by molar-refractivity contribution is 7.90. The van der Waals surface area contributed by atoms with Gasteiger partial charge in [-0.1, -0.05) is 23.8 Å². The van der Waals surface area contributed by atoms with Crippen LogP contribution in [0.4, 0.5) is 5.69 Å². The maximum absolute atomic E-state index is 12.5. The van der Waals surface area contributed by atoms with E-state index in [-0.39, 0.29) is 22.6 Å². The van der Waals surface area contributed by atoms with Crippen LogP contribution in [-0.2, 0) is 20.3 Å². The van der Waals surface area contributed by atoms with Crippen molar-refractivity contribution in [1.29, 1.82) is 0 Å². The van der Waals surface area contributed by atoms with Crippen LogP contribution < -0.4 is 0 Å². The van der Waals surface area contributed by atoms with Crippen molar-refractivity contribution in [2.75, 3.05) is 6.61 Å². The van der Waals surface area contributed by atoms with E-state index in [0.29, 0.717) is 0 Å². The second kappa shape index (κ2) is 7.43. The number of nitro benzene ring substituents is 1. The first-order valence-electron chi connectivity index (χ1n) is 7.48. The Morgan fingerprint density at radius 1 is 1.16 bits per heavy atom. The molecule has 0 spiro atoms. The molecule has 0 N–H and O–H groups in total. The van der Waals surface area contributed by atoms with Crippen LogP contribution in [0.25, 0.3) is 0 Å². The van der Waals surface area contributed by atoms with Crippen molar-refractivity contribution in [1.82, 2.24) is 0 Å². The average Bonchev–Trinajstić information content (AvgIpc) is 2.55. The summed E-state index contributed by atoms with van der Waals surface area (Å²) in [6.45, 7) is 3.58. The topological polar surface area (TPSA) is 104 Å². The maximum Gasteiger partial charge on any atom is 0.338 e. The first-order chi connectivity index (χ1) is 11.7. The summed E-state index contributed by atoms with van der Waals surface area (Å²) < 4.78 is 29.8. The molecule has 0 unspecified atom stereocenters. The number of rotatable bonds is 6. The van der Waals surface area contributed by atoms with E-state index in [0.717, 1.165) is 11.6 Å². The number of nitro groups is 1. The van der Waals surface area contributed by atoms with Crippen LogP contribution in [0, 0.1) is 17.0 Å². The second-order valence-corrected chi connectivity index (χ2v) is 7.38. The number of carbonyl (C=O) groups is 1. The molecule has 0 amide bonds. The molecule has 0 atom stereocenters. The van der Waals surface area contributed by atoms with Gasteiger partial charge in [0.05, 0.1) is 27.7 Å². The zero-order valence-corrected chi connectivity index (χ0v) is 14.6. The van der Waals surface area contributed by atoms with Gasteiger partial charge >= 0.3 is 5.97 Å². The van der Waals surface area contributed by atoms with Gasteiger partial charge in [0, 0.05) is 11.6 Å². The van der Waals surface area contributed by atoms with Crippen LogP contribution in [0.3, 0.4) is 0 Å². The van der Waals surface area contributed by atoms with Gasteiger partial charge in [-0.05, 0) is 32.0 Å². The molecule has 0 bridgehead atoms. The predicted octanol–water partition coefficient (Wildman–Crippen LogP) is 3.05. The standard InChI is InChI=1S/C17H17NO6S/c1-3-24-17(19)13-6-7-14(16(10-13)18(20)21)11-25(22,23)15-8-4-12(2)5-9-15/h4-10H,3,11H2,1-2H3. The number of sulfone groups is 1. The first-order valence-corrected chi connectivity index (χ1v) is 9.13. The highest BCUT2D eigenvalue weighted by Crippen LogP contribution is 2.26. The molecule has 0 radical (unpaired) electrons. The van der Waals surface area contributed by atoms with Crippen molar-refractivity contribution in [2.45, 2.75) is 24.5 Å². The lowest BCUT2D eigenvalue weighted by molar-refractivity contribution is -0.385. The molecule has 0 aromatic heterocycles. The van der Waals surface area contributed by atoms with Gasteiger partial charge < -0.3 is 4.74 Å². The quantitative estimate of drug-likeness (QED) is 0.444. The Morgan fingerprint density at radius 2 is 1.80 bits per heavy atom. The van der Waals surface area contributed by atoms with Crippen LogP contribution in [0.5, 0.6) is 0 Å². The molecule has 2 aromatic carbocycles. The Hall–Kier alpha value is -2.74. The summed E-state index contributed by atoms with van der Waals surface area (Å²) >= 11 is 0. The van der Waals surface area contributed by atoms with E-state index in [1.165, 1.54) is 24.3 Å². The van der Waals surface area contributed by atoms with Crippen LogP contribution in [-0.4, -0.2) is 25.9 Å². The molecule has 2 rings (SSSR count). The highest BCUT2D eigenvalue weighted by atomic mass is 32.2. The van der Waals surface area contributed by atoms with Crippen LogP contribution >= 0.6 is 0 Å². The molecule has 0 saturated carbocycles. The third-order valence-electron chi connectivity index (χ3n) is 3.52. The SMILES string of the molecule is CCOC(=O)c1ccc(CS(=O)(=O)c2ccc(C)cc2)c([N+](=O)[O-])c1. The Balaban J connectivity index is 2.40. The summed E-state index contributed by atoms with van der Waals surface area (Å²) in [5.41, 5.74) is 0.494. The Kier molecular flexibility index (Phi) is 5.53. The second-order valence-electron chi connectivity index (χ2n) is 5.39. The largest absolute Gasteiger partial charge is 0.462 e. The van der Waals surface area contributed by atoms with Crippen molar-refractivity contribution in [3.63, 3.8) is 0 Å². The van der Waals surface area contributed by atoms with E-state index >= 15 is 0 Å². The molecule has 2 aromatic rings. The molecule has 132 valence electrons. The van der Waals surface area contributed by atoms with Crippen molar-refractivity contribution < 1.29 is 22.9 Å². The lowest BCUT2D eigenvalue weighted by Gasteiger charge is -2.08. The molecule has 0 fully saturated rings. The predicted molar refractivity (Wildman–Crippen MR) is 91.1 cm³/mol. The van der Waals surface area contributed by atoms with E-state index in [4.69, 9.17) is 4.74 Å². The van der Waals surface area contributed by atoms with Crippen LogP contribution in [0.15, 0.2) is 47.4 Å². The Bertz CT molecular complexity index is 903. The number of carbonyl (C=O) groups excluding carboxylic acids is 1. The van der Waals surface area contributed by atoms with Gasteiger partial charge in [0.2, 0.25) is 0 Å². The molecule has 0 saturated heterocycles.